The second-order valence-corrected chi connectivity index (χ2v) is 12.1. The molecule has 0 aromatic rings. The lowest BCUT2D eigenvalue weighted by Crippen LogP contribution is -2.37. The maximum absolute atomic E-state index is 11.1. The van der Waals surface area contributed by atoms with Crippen LogP contribution in [0.1, 0.15) is 57.8 Å². The van der Waals surface area contributed by atoms with Crippen molar-refractivity contribution >= 4 is 35.7 Å². The minimum Gasteiger partial charge on any atom is -0.370 e. The van der Waals surface area contributed by atoms with Crippen LogP contribution in [0.15, 0.2) is 89.5 Å². The number of urea groups is 2. The number of carbonyl (C=O) groups excluding carboxylic acids is 6. The third kappa shape index (κ3) is 16.9. The number of piperidine rings is 1. The van der Waals surface area contributed by atoms with Crippen molar-refractivity contribution in [1.29, 1.82) is 0 Å². The van der Waals surface area contributed by atoms with Crippen LogP contribution in [0.5, 0.6) is 0 Å². The zero-order valence-corrected chi connectivity index (χ0v) is 31.9. The number of morpholine rings is 1. The minimum absolute atomic E-state index is 0.00347. The van der Waals surface area contributed by atoms with Gasteiger partial charge in [-0.2, -0.15) is 0 Å². The summed E-state index contributed by atoms with van der Waals surface area (Å²) < 4.78 is 4.87. The average Bonchev–Trinajstić information content (AvgIpc) is 3.88. The zero-order valence-electron chi connectivity index (χ0n) is 31.9. The molecule has 6 rings (SSSR count). The van der Waals surface area contributed by atoms with Gasteiger partial charge in [-0.3, -0.25) is 33.9 Å². The maximum Gasteiger partial charge on any atom is 0.328 e. The van der Waals surface area contributed by atoms with Crippen LogP contribution in [0.4, 0.5) is 9.59 Å². The van der Waals surface area contributed by atoms with E-state index in [2.05, 4.69) is 51.4 Å². The number of amides is 8. The third-order valence-corrected chi connectivity index (χ3v) is 8.61. The summed E-state index contributed by atoms with van der Waals surface area (Å²) in [6.45, 7) is 31.6. The van der Waals surface area contributed by atoms with Gasteiger partial charge < -0.3 is 29.7 Å². The van der Waals surface area contributed by atoms with Gasteiger partial charge >= 0.3 is 12.1 Å². The molecule has 0 unspecified atom stereocenters. The topological polar surface area (TPSA) is 146 Å². The molecule has 6 aliphatic heterocycles. The Hall–Kier alpha value is -5.44. The van der Waals surface area contributed by atoms with E-state index in [9.17, 15) is 28.8 Å². The molecule has 0 aliphatic carbocycles. The predicted molar refractivity (Wildman–Crippen MR) is 210 cm³/mol. The van der Waals surface area contributed by atoms with E-state index in [0.717, 1.165) is 64.8 Å². The number of likely N-dealkylation sites (tertiary alicyclic amines) is 3. The molecular formula is C39H60N8O7. The molecule has 15 heteroatoms. The highest BCUT2D eigenvalue weighted by molar-refractivity contribution is 5.80. The Kier molecular flexibility index (Phi) is 23.5. The molecule has 54 heavy (non-hydrogen) atoms. The summed E-state index contributed by atoms with van der Waals surface area (Å²) in [4.78, 5) is 76.3. The van der Waals surface area contributed by atoms with Crippen molar-refractivity contribution in [3.63, 3.8) is 0 Å². The van der Waals surface area contributed by atoms with Gasteiger partial charge in [-0.1, -0.05) is 52.5 Å². The van der Waals surface area contributed by atoms with Crippen molar-refractivity contribution in [3.8, 4) is 0 Å². The van der Waals surface area contributed by atoms with Gasteiger partial charge in [0.2, 0.25) is 17.7 Å². The van der Waals surface area contributed by atoms with Gasteiger partial charge in [0.15, 0.2) is 0 Å². The molecule has 0 aromatic carbocycles. The van der Waals surface area contributed by atoms with Crippen molar-refractivity contribution < 1.29 is 33.5 Å². The van der Waals surface area contributed by atoms with E-state index in [-0.39, 0.29) is 42.3 Å². The van der Waals surface area contributed by atoms with Gasteiger partial charge in [0.05, 0.1) is 6.61 Å². The van der Waals surface area contributed by atoms with E-state index in [1.54, 1.807) is 52.9 Å². The molecule has 0 bridgehead atoms. The van der Waals surface area contributed by atoms with Gasteiger partial charge in [-0.25, -0.2) is 9.59 Å². The average molecular weight is 753 g/mol. The first-order valence-corrected chi connectivity index (χ1v) is 18.3. The van der Waals surface area contributed by atoms with Crippen LogP contribution in [-0.4, -0.2) is 136 Å². The van der Waals surface area contributed by atoms with Crippen LogP contribution in [0.2, 0.25) is 0 Å². The zero-order chi connectivity index (χ0) is 40.3. The Morgan fingerprint density at radius 3 is 1.17 bits per heavy atom. The molecule has 6 saturated heterocycles. The van der Waals surface area contributed by atoms with Crippen LogP contribution in [0, 0.1) is 0 Å². The summed E-state index contributed by atoms with van der Waals surface area (Å²) in [6.07, 6.45) is 19.6. The third-order valence-electron chi connectivity index (χ3n) is 8.61. The van der Waals surface area contributed by atoms with Crippen LogP contribution < -0.4 is 5.32 Å². The van der Waals surface area contributed by atoms with Crippen LogP contribution in [0.25, 0.3) is 0 Å². The Morgan fingerprint density at radius 2 is 0.833 bits per heavy atom. The molecule has 6 fully saturated rings. The lowest BCUT2D eigenvalue weighted by molar-refractivity contribution is -0.139. The Balaban J connectivity index is 0.000000325. The fourth-order valence-electron chi connectivity index (χ4n) is 5.37. The fraction of sp³-hybridized carbons (Fsp3) is 0.487. The number of ether oxygens (including phenoxy) is 1. The number of hydrogen-bond acceptors (Lipinski definition) is 7. The van der Waals surface area contributed by atoms with Crippen molar-refractivity contribution in [2.45, 2.75) is 57.8 Å². The summed E-state index contributed by atoms with van der Waals surface area (Å²) in [5.41, 5.74) is 0. The van der Waals surface area contributed by atoms with Gasteiger partial charge in [-0.15, -0.1) is 0 Å². The first kappa shape index (κ1) is 46.6. The maximum atomic E-state index is 11.1. The summed E-state index contributed by atoms with van der Waals surface area (Å²) in [5, 5.41) is 2.64. The van der Waals surface area contributed by atoms with Crippen molar-refractivity contribution in [3.05, 3.63) is 89.5 Å². The van der Waals surface area contributed by atoms with Crippen LogP contribution >= 0.6 is 0 Å². The normalized spacial score (nSPS) is 19.4. The van der Waals surface area contributed by atoms with E-state index < -0.39 is 0 Å². The molecule has 0 saturated carbocycles. The standard InChI is InChI=1S/C8H13NO.C7H10N2O.C7H11NO.C6H9NO2.C6H9NO.C5H8N2O/c1-2-9-7-5-3-4-6-8(9)10;1-3-8-5-6-9(4-2)7(8)10;1-2-8-6-4-3-5-7(8)9;1-2-7-3-4-9-5-6(7)8;1-2-7-5-3-4-6(7)8;1-2-7-4-3-6-5(7)8/h2H,1,3-7H2;3-4H,1-2,5-6H2;2H,1,3-6H2;2H,1,3-5H2;2H,1,3-5H2;2H,1,3-4H2,(H,6,8). The predicted octanol–water partition coefficient (Wildman–Crippen LogP) is 4.58. The van der Waals surface area contributed by atoms with Crippen LogP contribution in [0.3, 0.4) is 0 Å². The summed E-state index contributed by atoms with van der Waals surface area (Å²) in [7, 11) is 0. The Labute approximate surface area is 321 Å². The van der Waals surface area contributed by atoms with Gasteiger partial charge in [0.25, 0.3) is 5.91 Å². The Morgan fingerprint density at radius 1 is 0.426 bits per heavy atom. The smallest absolute Gasteiger partial charge is 0.328 e. The van der Waals surface area contributed by atoms with Gasteiger partial charge in [0, 0.05) is 90.2 Å². The van der Waals surface area contributed by atoms with Crippen molar-refractivity contribution in [2.24, 2.45) is 0 Å². The number of nitrogens with zero attached hydrogens (tertiary/aromatic N) is 7. The summed E-state index contributed by atoms with van der Waals surface area (Å²) in [6, 6.07) is -0.0787. The molecule has 0 spiro atoms. The second kappa shape index (κ2) is 27.2. The quantitative estimate of drug-likeness (QED) is 0.401. The monoisotopic (exact) mass is 752 g/mol. The molecule has 6 aliphatic rings. The molecule has 0 aromatic heterocycles. The molecule has 298 valence electrons. The highest BCUT2D eigenvalue weighted by atomic mass is 16.5. The van der Waals surface area contributed by atoms with E-state index in [1.165, 1.54) is 31.2 Å². The summed E-state index contributed by atoms with van der Waals surface area (Å²) in [5.74, 6) is 0.653. The highest BCUT2D eigenvalue weighted by Crippen LogP contribution is 2.11. The lowest BCUT2D eigenvalue weighted by atomic mass is 10.1. The van der Waals surface area contributed by atoms with Crippen molar-refractivity contribution in [1.82, 2.24) is 39.6 Å². The first-order valence-electron chi connectivity index (χ1n) is 18.3. The number of carbonyl (C=O) groups is 6. The molecule has 8 amide bonds. The second-order valence-electron chi connectivity index (χ2n) is 12.1. The SMILES string of the molecule is C=CN1CCCC1=O.C=CN1CCCCC1=O.C=CN1CCCCCC1=O.C=CN1CCN(C=C)C1=O.C=CN1CCNC1=O.C=CN1CCOCC1=O. The molecule has 1 N–H and O–H groups in total. The van der Waals surface area contributed by atoms with Gasteiger partial charge in [0.1, 0.15) is 6.61 Å². The summed E-state index contributed by atoms with van der Waals surface area (Å²) >= 11 is 0. The molecule has 0 atom stereocenters. The minimum atomic E-state index is -0.0417. The molecular weight excluding hydrogens is 692 g/mol. The molecule has 0 radical (unpaired) electrons. The number of hydrogen-bond donors (Lipinski definition) is 1. The van der Waals surface area contributed by atoms with E-state index in [4.69, 9.17) is 4.74 Å². The highest BCUT2D eigenvalue weighted by Gasteiger charge is 2.23. The van der Waals surface area contributed by atoms with E-state index in [1.807, 2.05) is 0 Å². The van der Waals surface area contributed by atoms with Gasteiger partial charge in [-0.05, 0) is 56.9 Å². The van der Waals surface area contributed by atoms with E-state index >= 15 is 0 Å². The fourth-order valence-corrected chi connectivity index (χ4v) is 5.37. The van der Waals surface area contributed by atoms with E-state index in [0.29, 0.717) is 45.5 Å². The number of nitrogens with one attached hydrogen (secondary N) is 1. The largest absolute Gasteiger partial charge is 0.370 e. The van der Waals surface area contributed by atoms with Crippen molar-refractivity contribution in [2.75, 3.05) is 65.6 Å². The Bertz CT molecular complexity index is 1260. The first-order chi connectivity index (χ1) is 26.0. The lowest BCUT2D eigenvalue weighted by Gasteiger charge is -2.22. The number of rotatable bonds is 7. The van der Waals surface area contributed by atoms with Crippen LogP contribution in [-0.2, 0) is 23.9 Å². The molecule has 15 nitrogen and oxygen atoms in total. The molecule has 6 heterocycles.